The summed E-state index contributed by atoms with van der Waals surface area (Å²) in [7, 11) is 4.04. The van der Waals surface area contributed by atoms with E-state index in [2.05, 4.69) is 41.3 Å². The van der Waals surface area contributed by atoms with Gasteiger partial charge in [0.25, 0.3) is 0 Å². The second-order valence-corrected chi connectivity index (χ2v) is 5.56. The van der Waals surface area contributed by atoms with Crippen molar-refractivity contribution in [2.45, 2.75) is 0 Å². The summed E-state index contributed by atoms with van der Waals surface area (Å²) in [6.45, 7) is 0. The number of aliphatic imine (C=N–C) groups is 1. The van der Waals surface area contributed by atoms with Crippen molar-refractivity contribution in [1.29, 1.82) is 0 Å². The van der Waals surface area contributed by atoms with Crippen LogP contribution >= 0.6 is 0 Å². The van der Waals surface area contributed by atoms with Crippen LogP contribution in [0, 0.1) is 5.92 Å². The maximum Gasteiger partial charge on any atom is 0.155 e. The van der Waals surface area contributed by atoms with Crippen LogP contribution in [0.4, 0.5) is 11.4 Å². The molecule has 1 aromatic carbocycles. The Balaban J connectivity index is 1.81. The monoisotopic (exact) mass is 276 g/mol. The van der Waals surface area contributed by atoms with Crippen LogP contribution in [0.5, 0.6) is 5.75 Å². The Hall–Kier alpha value is -2.55. The molecule has 1 heterocycles. The van der Waals surface area contributed by atoms with Gasteiger partial charge in [0.2, 0.25) is 0 Å². The molecule has 2 aliphatic carbocycles. The third-order valence-electron chi connectivity index (χ3n) is 3.96. The van der Waals surface area contributed by atoms with Crippen LogP contribution in [0.1, 0.15) is 0 Å². The van der Waals surface area contributed by atoms with Gasteiger partial charge in [-0.1, -0.05) is 30.4 Å². The molecule has 1 unspecified atom stereocenters. The van der Waals surface area contributed by atoms with Crippen molar-refractivity contribution >= 4 is 17.1 Å². The summed E-state index contributed by atoms with van der Waals surface area (Å²) in [5, 5.41) is 0. The van der Waals surface area contributed by atoms with E-state index < -0.39 is 0 Å². The molecular formula is C18H16N2O. The first-order valence-electron chi connectivity index (χ1n) is 7.07. The molecule has 0 N–H and O–H groups in total. The van der Waals surface area contributed by atoms with E-state index in [1.807, 2.05) is 32.3 Å². The first-order chi connectivity index (χ1) is 10.2. The minimum Gasteiger partial charge on any atom is -0.453 e. The van der Waals surface area contributed by atoms with Crippen molar-refractivity contribution in [2.24, 2.45) is 10.9 Å². The highest BCUT2D eigenvalue weighted by molar-refractivity contribution is 6.08. The van der Waals surface area contributed by atoms with Gasteiger partial charge in [-0.25, -0.2) is 4.99 Å². The number of rotatable bonds is 1. The molecule has 0 aromatic heterocycles. The summed E-state index contributed by atoms with van der Waals surface area (Å²) in [5.74, 6) is 1.88. The predicted molar refractivity (Wildman–Crippen MR) is 86.4 cm³/mol. The lowest BCUT2D eigenvalue weighted by Crippen LogP contribution is -2.25. The largest absolute Gasteiger partial charge is 0.453 e. The van der Waals surface area contributed by atoms with Crippen LogP contribution in [0.2, 0.25) is 0 Å². The molecule has 1 aliphatic heterocycles. The normalized spacial score (nSPS) is 21.2. The van der Waals surface area contributed by atoms with Gasteiger partial charge in [0, 0.05) is 31.8 Å². The Morgan fingerprint density at radius 3 is 2.90 bits per heavy atom. The first-order valence-corrected chi connectivity index (χ1v) is 7.07. The summed E-state index contributed by atoms with van der Waals surface area (Å²) in [6, 6.07) is 6.12. The maximum absolute atomic E-state index is 6.08. The van der Waals surface area contributed by atoms with E-state index in [9.17, 15) is 0 Å². The number of hydrogen-bond donors (Lipinski definition) is 0. The number of anilines is 1. The third kappa shape index (κ3) is 1.93. The van der Waals surface area contributed by atoms with Gasteiger partial charge in [0.1, 0.15) is 11.4 Å². The van der Waals surface area contributed by atoms with Gasteiger partial charge in [-0.2, -0.15) is 0 Å². The topological polar surface area (TPSA) is 24.8 Å². The Bertz CT molecular complexity index is 763. The van der Waals surface area contributed by atoms with Crippen molar-refractivity contribution in [3.05, 3.63) is 66.0 Å². The first kappa shape index (κ1) is 12.2. The van der Waals surface area contributed by atoms with Gasteiger partial charge >= 0.3 is 0 Å². The van der Waals surface area contributed by atoms with E-state index in [1.165, 1.54) is 5.57 Å². The van der Waals surface area contributed by atoms with Crippen LogP contribution in [-0.4, -0.2) is 19.8 Å². The highest BCUT2D eigenvalue weighted by Gasteiger charge is 2.29. The molecule has 104 valence electrons. The van der Waals surface area contributed by atoms with Crippen molar-refractivity contribution in [3.63, 3.8) is 0 Å². The standard InChI is InChI=1S/C18H16N2O/c1-20(2)13-8-9-15-17(11-13)21-16-10-7-12-5-3-4-6-14(12)18(16)19-15/h3-11,14H,1-2H3. The zero-order chi connectivity index (χ0) is 14.4. The molecule has 1 aromatic rings. The average Bonchev–Trinajstić information content (AvgIpc) is 2.52. The third-order valence-corrected chi connectivity index (χ3v) is 3.96. The summed E-state index contributed by atoms with van der Waals surface area (Å²) in [6.07, 6.45) is 12.5. The summed E-state index contributed by atoms with van der Waals surface area (Å²) >= 11 is 0. The van der Waals surface area contributed by atoms with E-state index in [0.29, 0.717) is 0 Å². The summed E-state index contributed by atoms with van der Waals surface area (Å²) < 4.78 is 6.08. The lowest BCUT2D eigenvalue weighted by Gasteiger charge is -2.28. The number of allylic oxidation sites excluding steroid dienone is 8. The molecule has 3 aliphatic rings. The predicted octanol–water partition coefficient (Wildman–Crippen LogP) is 3.78. The fraction of sp³-hybridized carbons (Fsp3) is 0.167. The fourth-order valence-corrected chi connectivity index (χ4v) is 2.79. The number of benzene rings is 1. The second kappa shape index (κ2) is 4.48. The van der Waals surface area contributed by atoms with Crippen LogP contribution in [-0.2, 0) is 0 Å². The van der Waals surface area contributed by atoms with Crippen LogP contribution in [0.25, 0.3) is 0 Å². The van der Waals surface area contributed by atoms with Crippen LogP contribution < -0.4 is 9.64 Å². The Morgan fingerprint density at radius 2 is 2.05 bits per heavy atom. The summed E-state index contributed by atoms with van der Waals surface area (Å²) in [4.78, 5) is 6.89. The molecule has 0 spiro atoms. The molecule has 0 bridgehead atoms. The van der Waals surface area contributed by atoms with E-state index in [0.717, 1.165) is 28.6 Å². The van der Waals surface area contributed by atoms with E-state index in [1.54, 1.807) is 0 Å². The highest BCUT2D eigenvalue weighted by atomic mass is 16.5. The molecule has 0 saturated heterocycles. The quantitative estimate of drug-likeness (QED) is 0.779. The fourth-order valence-electron chi connectivity index (χ4n) is 2.79. The lowest BCUT2D eigenvalue weighted by atomic mass is 9.85. The van der Waals surface area contributed by atoms with Gasteiger partial charge in [-0.15, -0.1) is 0 Å². The van der Waals surface area contributed by atoms with Gasteiger partial charge in [-0.3, -0.25) is 0 Å². The smallest absolute Gasteiger partial charge is 0.155 e. The number of nitrogens with zero attached hydrogens (tertiary/aromatic N) is 2. The van der Waals surface area contributed by atoms with E-state index in [-0.39, 0.29) is 5.92 Å². The molecule has 0 saturated carbocycles. The molecule has 0 radical (unpaired) electrons. The Morgan fingerprint density at radius 1 is 1.14 bits per heavy atom. The van der Waals surface area contributed by atoms with Crippen molar-refractivity contribution in [3.8, 4) is 5.75 Å². The number of ether oxygens (including phenoxy) is 1. The molecule has 4 rings (SSSR count). The van der Waals surface area contributed by atoms with Gasteiger partial charge in [0.05, 0.1) is 5.71 Å². The average molecular weight is 276 g/mol. The molecule has 3 nitrogen and oxygen atoms in total. The summed E-state index contributed by atoms with van der Waals surface area (Å²) in [5.41, 5.74) is 4.27. The minimum absolute atomic E-state index is 0.205. The molecule has 3 heteroatoms. The Labute approximate surface area is 124 Å². The van der Waals surface area contributed by atoms with Gasteiger partial charge < -0.3 is 9.64 Å². The highest BCUT2D eigenvalue weighted by Crippen LogP contribution is 2.40. The molecule has 0 amide bonds. The maximum atomic E-state index is 6.08. The van der Waals surface area contributed by atoms with Crippen molar-refractivity contribution in [1.82, 2.24) is 0 Å². The number of hydrogen-bond acceptors (Lipinski definition) is 3. The van der Waals surface area contributed by atoms with Gasteiger partial charge in [0.15, 0.2) is 5.75 Å². The van der Waals surface area contributed by atoms with E-state index in [4.69, 9.17) is 9.73 Å². The SMILES string of the molecule is CN(C)c1ccc2c(c1)OC1=CC=C3C=CC=CC3C1=N2. The molecule has 1 atom stereocenters. The minimum atomic E-state index is 0.205. The molecule has 21 heavy (non-hydrogen) atoms. The van der Waals surface area contributed by atoms with E-state index >= 15 is 0 Å². The molecular weight excluding hydrogens is 260 g/mol. The van der Waals surface area contributed by atoms with Gasteiger partial charge in [-0.05, 0) is 23.8 Å². The zero-order valence-corrected chi connectivity index (χ0v) is 12.1. The second-order valence-electron chi connectivity index (χ2n) is 5.56. The number of fused-ring (bicyclic) bond motifs is 4. The van der Waals surface area contributed by atoms with Crippen LogP contribution in [0.3, 0.4) is 0 Å². The lowest BCUT2D eigenvalue weighted by molar-refractivity contribution is 0.445. The zero-order valence-electron chi connectivity index (χ0n) is 12.1. The van der Waals surface area contributed by atoms with Crippen molar-refractivity contribution in [2.75, 3.05) is 19.0 Å². The Kier molecular flexibility index (Phi) is 2.61. The van der Waals surface area contributed by atoms with Crippen molar-refractivity contribution < 1.29 is 4.74 Å². The molecule has 0 fully saturated rings. The van der Waals surface area contributed by atoms with Crippen LogP contribution in [0.15, 0.2) is 71.0 Å².